The molecule has 1 aliphatic rings. The van der Waals surface area contributed by atoms with Crippen molar-refractivity contribution in [1.29, 1.82) is 0 Å². The Morgan fingerprint density at radius 1 is 1.14 bits per heavy atom. The zero-order valence-electron chi connectivity index (χ0n) is 11.8. The number of nitrogens with zero attached hydrogens (tertiary/aromatic N) is 2. The zero-order valence-corrected chi connectivity index (χ0v) is 11.8. The molecule has 1 atom stereocenters. The van der Waals surface area contributed by atoms with Gasteiger partial charge in [-0.05, 0) is 31.0 Å². The second kappa shape index (κ2) is 5.48. The largest absolute Gasteiger partial charge is 0.274 e. The first kappa shape index (κ1) is 13.5. The Kier molecular flexibility index (Phi) is 3.52. The van der Waals surface area contributed by atoms with Gasteiger partial charge in [-0.2, -0.15) is 0 Å². The monoisotopic (exact) mass is 280 g/mol. The number of rotatable bonds is 3. The van der Waals surface area contributed by atoms with Gasteiger partial charge >= 0.3 is 0 Å². The third-order valence-electron chi connectivity index (χ3n) is 3.72. The summed E-state index contributed by atoms with van der Waals surface area (Å²) < 4.78 is 0. The summed E-state index contributed by atoms with van der Waals surface area (Å²) in [6.45, 7) is 2.02. The van der Waals surface area contributed by atoms with E-state index in [0.29, 0.717) is 12.2 Å². The molecule has 2 aromatic rings. The molecule has 2 amide bonds. The number of aryl methyl sites for hydroxylation is 1. The van der Waals surface area contributed by atoms with Gasteiger partial charge in [0.05, 0.1) is 5.92 Å². The van der Waals surface area contributed by atoms with Crippen LogP contribution in [-0.4, -0.2) is 16.8 Å². The summed E-state index contributed by atoms with van der Waals surface area (Å²) in [6.07, 6.45) is 2.43. The van der Waals surface area contributed by atoms with E-state index in [1.807, 2.05) is 31.2 Å². The number of anilines is 1. The Morgan fingerprint density at radius 3 is 2.57 bits per heavy atom. The van der Waals surface area contributed by atoms with Crippen LogP contribution >= 0.6 is 0 Å². The fourth-order valence-corrected chi connectivity index (χ4v) is 2.59. The van der Waals surface area contributed by atoms with Gasteiger partial charge in [-0.3, -0.25) is 9.59 Å². The van der Waals surface area contributed by atoms with E-state index in [4.69, 9.17) is 0 Å². The maximum Gasteiger partial charge on any atom is 0.238 e. The van der Waals surface area contributed by atoms with Crippen molar-refractivity contribution in [2.24, 2.45) is 5.92 Å². The normalized spacial score (nSPS) is 18.3. The lowest BCUT2D eigenvalue weighted by Gasteiger charge is -2.13. The maximum atomic E-state index is 12.5. The fourth-order valence-electron chi connectivity index (χ4n) is 2.59. The van der Waals surface area contributed by atoms with Gasteiger partial charge in [0.2, 0.25) is 11.8 Å². The molecule has 0 unspecified atom stereocenters. The minimum atomic E-state index is -0.290. The van der Waals surface area contributed by atoms with Crippen LogP contribution in [0.1, 0.15) is 17.5 Å². The molecular weight excluding hydrogens is 264 g/mol. The van der Waals surface area contributed by atoms with Gasteiger partial charge in [0.15, 0.2) is 0 Å². The summed E-state index contributed by atoms with van der Waals surface area (Å²) >= 11 is 0. The van der Waals surface area contributed by atoms with Crippen LogP contribution in [-0.2, 0) is 16.0 Å². The lowest BCUT2D eigenvalue weighted by atomic mass is 9.97. The van der Waals surface area contributed by atoms with Crippen LogP contribution in [0, 0.1) is 12.8 Å². The summed E-state index contributed by atoms with van der Waals surface area (Å²) in [7, 11) is 0. The predicted molar refractivity (Wildman–Crippen MR) is 79.7 cm³/mol. The molecule has 21 heavy (non-hydrogen) atoms. The van der Waals surface area contributed by atoms with E-state index < -0.39 is 0 Å². The van der Waals surface area contributed by atoms with Gasteiger partial charge in [0.1, 0.15) is 5.82 Å². The molecule has 0 radical (unpaired) electrons. The number of benzene rings is 1. The molecule has 4 nitrogen and oxygen atoms in total. The molecule has 2 heterocycles. The molecule has 1 aliphatic heterocycles. The molecule has 0 saturated carbocycles. The molecule has 1 aromatic carbocycles. The molecule has 106 valence electrons. The van der Waals surface area contributed by atoms with Crippen molar-refractivity contribution in [3.63, 3.8) is 0 Å². The highest BCUT2D eigenvalue weighted by Gasteiger charge is 2.39. The minimum absolute atomic E-state index is 0.153. The topological polar surface area (TPSA) is 50.3 Å². The van der Waals surface area contributed by atoms with Crippen LogP contribution in [0.2, 0.25) is 0 Å². The average molecular weight is 280 g/mol. The van der Waals surface area contributed by atoms with Gasteiger partial charge in [-0.25, -0.2) is 9.88 Å². The average Bonchev–Trinajstić information content (AvgIpc) is 2.77. The summed E-state index contributed by atoms with van der Waals surface area (Å²) in [5.41, 5.74) is 2.26. The smallest absolute Gasteiger partial charge is 0.238 e. The second-order valence-electron chi connectivity index (χ2n) is 5.35. The first-order valence-corrected chi connectivity index (χ1v) is 6.98. The number of hydrogen-bond donors (Lipinski definition) is 0. The van der Waals surface area contributed by atoms with E-state index in [9.17, 15) is 9.59 Å². The Hall–Kier alpha value is -2.49. The minimum Gasteiger partial charge on any atom is -0.274 e. The van der Waals surface area contributed by atoms with Gasteiger partial charge in [0, 0.05) is 12.6 Å². The van der Waals surface area contributed by atoms with E-state index in [2.05, 4.69) is 4.98 Å². The Bertz CT molecular complexity index is 665. The van der Waals surface area contributed by atoms with E-state index >= 15 is 0 Å². The van der Waals surface area contributed by atoms with E-state index in [-0.39, 0.29) is 24.2 Å². The number of aromatic nitrogens is 1. The van der Waals surface area contributed by atoms with E-state index in [1.165, 1.54) is 10.5 Å². The summed E-state index contributed by atoms with van der Waals surface area (Å²) in [4.78, 5) is 29.9. The second-order valence-corrected chi connectivity index (χ2v) is 5.35. The molecule has 0 spiro atoms. The van der Waals surface area contributed by atoms with Crippen LogP contribution in [0.4, 0.5) is 5.82 Å². The van der Waals surface area contributed by atoms with E-state index in [0.717, 1.165) is 5.56 Å². The van der Waals surface area contributed by atoms with Crippen molar-refractivity contribution in [3.8, 4) is 0 Å². The molecule has 1 saturated heterocycles. The summed E-state index contributed by atoms with van der Waals surface area (Å²) in [5, 5.41) is 0. The van der Waals surface area contributed by atoms with Gasteiger partial charge < -0.3 is 0 Å². The van der Waals surface area contributed by atoms with Gasteiger partial charge in [-0.1, -0.05) is 35.9 Å². The van der Waals surface area contributed by atoms with Crippen LogP contribution < -0.4 is 4.90 Å². The number of pyridine rings is 1. The van der Waals surface area contributed by atoms with Gasteiger partial charge in [0.25, 0.3) is 0 Å². The fraction of sp³-hybridized carbons (Fsp3) is 0.235. The predicted octanol–water partition coefficient (Wildman–Crippen LogP) is 2.51. The quantitative estimate of drug-likeness (QED) is 0.812. The number of carbonyl (C=O) groups excluding carboxylic acids is 2. The maximum absolute atomic E-state index is 12.5. The van der Waals surface area contributed by atoms with Crippen LogP contribution in [0.5, 0.6) is 0 Å². The number of amides is 2. The summed E-state index contributed by atoms with van der Waals surface area (Å²) in [6, 6.07) is 13.3. The highest BCUT2D eigenvalue weighted by atomic mass is 16.2. The first-order valence-electron chi connectivity index (χ1n) is 6.98. The van der Waals surface area contributed by atoms with E-state index in [1.54, 1.807) is 24.4 Å². The molecule has 0 aliphatic carbocycles. The number of imide groups is 1. The summed E-state index contributed by atoms with van der Waals surface area (Å²) in [5.74, 6) is -0.198. The highest BCUT2D eigenvalue weighted by Crippen LogP contribution is 2.27. The molecule has 1 fully saturated rings. The standard InChI is InChI=1S/C17H16N2O2/c1-12-5-7-13(8-6-12)10-14-11-16(20)19(17(14)21)15-4-2-3-9-18-15/h2-9,14H,10-11H2,1H3/t14-/m0/s1. The molecular formula is C17H16N2O2. The van der Waals surface area contributed by atoms with Crippen molar-refractivity contribution >= 4 is 17.6 Å². The Balaban J connectivity index is 1.79. The molecule has 1 aromatic heterocycles. The Morgan fingerprint density at radius 2 is 1.90 bits per heavy atom. The lowest BCUT2D eigenvalue weighted by Crippen LogP contribution is -2.31. The molecule has 0 bridgehead atoms. The third kappa shape index (κ3) is 2.70. The van der Waals surface area contributed by atoms with Crippen molar-refractivity contribution < 1.29 is 9.59 Å². The van der Waals surface area contributed by atoms with Gasteiger partial charge in [-0.15, -0.1) is 0 Å². The Labute approximate surface area is 123 Å². The zero-order chi connectivity index (χ0) is 14.8. The molecule has 4 heteroatoms. The van der Waals surface area contributed by atoms with Crippen molar-refractivity contribution in [2.75, 3.05) is 4.90 Å². The molecule has 3 rings (SSSR count). The SMILES string of the molecule is Cc1ccc(C[C@H]2CC(=O)N(c3ccccn3)C2=O)cc1. The highest BCUT2D eigenvalue weighted by molar-refractivity contribution is 6.20. The van der Waals surface area contributed by atoms with Crippen LogP contribution in [0.3, 0.4) is 0 Å². The number of hydrogen-bond acceptors (Lipinski definition) is 3. The first-order chi connectivity index (χ1) is 10.1. The van der Waals surface area contributed by atoms with Crippen LogP contribution in [0.25, 0.3) is 0 Å². The lowest BCUT2D eigenvalue weighted by molar-refractivity contribution is -0.122. The molecule has 0 N–H and O–H groups in total. The van der Waals surface area contributed by atoms with Crippen molar-refractivity contribution in [1.82, 2.24) is 4.98 Å². The van der Waals surface area contributed by atoms with Crippen molar-refractivity contribution in [2.45, 2.75) is 19.8 Å². The van der Waals surface area contributed by atoms with Crippen LogP contribution in [0.15, 0.2) is 48.7 Å². The number of carbonyl (C=O) groups is 2. The van der Waals surface area contributed by atoms with Crippen molar-refractivity contribution in [3.05, 3.63) is 59.8 Å². The third-order valence-corrected chi connectivity index (χ3v) is 3.72.